The highest BCUT2D eigenvalue weighted by Crippen LogP contribution is 2.22. The van der Waals surface area contributed by atoms with Crippen molar-refractivity contribution >= 4 is 34.6 Å². The number of hydrogen-bond acceptors (Lipinski definition) is 1. The monoisotopic (exact) mass is 304 g/mol. The number of benzene rings is 2. The number of thiocarbonyl (C=S) groups is 1. The molecule has 0 aliphatic carbocycles. The molecule has 2 rings (SSSR count). The fraction of sp³-hybridized carbons (Fsp3) is 0.188. The number of hydrogen-bond donors (Lipinski definition) is 2. The van der Waals surface area contributed by atoms with E-state index in [1.54, 1.807) is 0 Å². The number of halogens is 1. The lowest BCUT2D eigenvalue weighted by Gasteiger charge is -2.18. The van der Waals surface area contributed by atoms with Gasteiger partial charge in [-0.2, -0.15) is 0 Å². The zero-order valence-corrected chi connectivity index (χ0v) is 13.1. The van der Waals surface area contributed by atoms with Crippen LogP contribution in [0.25, 0.3) is 0 Å². The highest BCUT2D eigenvalue weighted by atomic mass is 35.5. The number of rotatable bonds is 3. The third-order valence-electron chi connectivity index (χ3n) is 3.00. The van der Waals surface area contributed by atoms with Crippen LogP contribution in [0.1, 0.15) is 24.1 Å². The van der Waals surface area contributed by atoms with Gasteiger partial charge in [0, 0.05) is 10.7 Å². The fourth-order valence-corrected chi connectivity index (χ4v) is 2.58. The van der Waals surface area contributed by atoms with Gasteiger partial charge in [-0.05, 0) is 55.4 Å². The lowest BCUT2D eigenvalue weighted by molar-refractivity contribution is 0.723. The van der Waals surface area contributed by atoms with Crippen LogP contribution in [0, 0.1) is 6.92 Å². The van der Waals surface area contributed by atoms with E-state index in [4.69, 9.17) is 23.8 Å². The van der Waals surface area contributed by atoms with Crippen LogP contribution in [0.15, 0.2) is 48.5 Å². The van der Waals surface area contributed by atoms with E-state index in [1.807, 2.05) is 62.4 Å². The Morgan fingerprint density at radius 1 is 1.15 bits per heavy atom. The Balaban J connectivity index is 2.00. The minimum absolute atomic E-state index is 0.0495. The van der Waals surface area contributed by atoms with Crippen molar-refractivity contribution in [2.24, 2.45) is 0 Å². The van der Waals surface area contributed by atoms with Crippen molar-refractivity contribution in [3.05, 3.63) is 64.7 Å². The van der Waals surface area contributed by atoms with Crippen molar-refractivity contribution in [3.8, 4) is 0 Å². The molecule has 2 aromatic rings. The van der Waals surface area contributed by atoms with E-state index in [-0.39, 0.29) is 6.04 Å². The molecule has 0 spiro atoms. The van der Waals surface area contributed by atoms with Gasteiger partial charge in [-0.25, -0.2) is 0 Å². The van der Waals surface area contributed by atoms with Gasteiger partial charge in [-0.1, -0.05) is 41.9 Å². The minimum Gasteiger partial charge on any atom is -0.356 e. The molecule has 0 unspecified atom stereocenters. The van der Waals surface area contributed by atoms with E-state index in [9.17, 15) is 0 Å². The van der Waals surface area contributed by atoms with Gasteiger partial charge < -0.3 is 10.6 Å². The van der Waals surface area contributed by atoms with Gasteiger partial charge in [0.2, 0.25) is 0 Å². The van der Waals surface area contributed by atoms with Crippen molar-refractivity contribution in [3.63, 3.8) is 0 Å². The van der Waals surface area contributed by atoms with E-state index >= 15 is 0 Å². The van der Waals surface area contributed by atoms with Gasteiger partial charge in [0.05, 0.1) is 6.04 Å². The number of nitrogens with one attached hydrogen (secondary N) is 2. The molecule has 0 aliphatic heterocycles. The van der Waals surface area contributed by atoms with Crippen LogP contribution in [0.5, 0.6) is 0 Å². The van der Waals surface area contributed by atoms with E-state index < -0.39 is 0 Å². The standard InChI is InChI=1S/C16H17ClN2S/c1-11-6-5-7-13(10-11)19-16(20)18-12(2)14-8-3-4-9-15(14)17/h3-10,12H,1-2H3,(H2,18,19,20)/t12-/m1/s1. The summed E-state index contributed by atoms with van der Waals surface area (Å²) in [5.41, 5.74) is 3.20. The molecule has 2 nitrogen and oxygen atoms in total. The van der Waals surface area contributed by atoms with Crippen LogP contribution in [0.2, 0.25) is 5.02 Å². The molecule has 0 fully saturated rings. The lowest BCUT2D eigenvalue weighted by atomic mass is 10.1. The maximum absolute atomic E-state index is 6.18. The van der Waals surface area contributed by atoms with Gasteiger partial charge in [0.1, 0.15) is 0 Å². The van der Waals surface area contributed by atoms with Gasteiger partial charge in [-0.3, -0.25) is 0 Å². The van der Waals surface area contributed by atoms with Gasteiger partial charge >= 0.3 is 0 Å². The molecule has 20 heavy (non-hydrogen) atoms. The van der Waals surface area contributed by atoms with Crippen molar-refractivity contribution in [1.82, 2.24) is 5.32 Å². The fourth-order valence-electron chi connectivity index (χ4n) is 1.99. The highest BCUT2D eigenvalue weighted by Gasteiger charge is 2.10. The Kier molecular flexibility index (Phi) is 4.99. The van der Waals surface area contributed by atoms with E-state index in [2.05, 4.69) is 10.6 Å². The molecule has 0 bridgehead atoms. The molecule has 0 radical (unpaired) electrons. The summed E-state index contributed by atoms with van der Waals surface area (Å²) in [7, 11) is 0. The predicted octanol–water partition coefficient (Wildman–Crippen LogP) is 4.70. The topological polar surface area (TPSA) is 24.1 Å². The first-order valence-electron chi connectivity index (χ1n) is 6.45. The van der Waals surface area contributed by atoms with E-state index in [0.29, 0.717) is 5.11 Å². The summed E-state index contributed by atoms with van der Waals surface area (Å²) in [6, 6.07) is 15.9. The molecule has 0 saturated carbocycles. The first-order valence-corrected chi connectivity index (χ1v) is 7.23. The zero-order valence-electron chi connectivity index (χ0n) is 11.5. The second-order valence-electron chi connectivity index (χ2n) is 4.71. The zero-order chi connectivity index (χ0) is 14.5. The molecule has 0 amide bonds. The Morgan fingerprint density at radius 3 is 2.60 bits per heavy atom. The summed E-state index contributed by atoms with van der Waals surface area (Å²) in [6.45, 7) is 4.08. The summed E-state index contributed by atoms with van der Waals surface area (Å²) >= 11 is 11.5. The Hall–Kier alpha value is -1.58. The van der Waals surface area contributed by atoms with E-state index in [1.165, 1.54) is 5.56 Å². The maximum atomic E-state index is 6.18. The smallest absolute Gasteiger partial charge is 0.171 e. The summed E-state index contributed by atoms with van der Waals surface area (Å²) in [5.74, 6) is 0. The first-order chi connectivity index (χ1) is 9.56. The van der Waals surface area contributed by atoms with Crippen LogP contribution >= 0.6 is 23.8 Å². The average Bonchev–Trinajstić information content (AvgIpc) is 2.38. The van der Waals surface area contributed by atoms with Gasteiger partial charge in [0.25, 0.3) is 0 Å². The second kappa shape index (κ2) is 6.73. The third-order valence-corrected chi connectivity index (χ3v) is 3.56. The van der Waals surface area contributed by atoms with Crippen molar-refractivity contribution in [1.29, 1.82) is 0 Å². The molecule has 0 aliphatic rings. The van der Waals surface area contributed by atoms with Crippen LogP contribution in [-0.4, -0.2) is 5.11 Å². The Bertz CT molecular complexity index is 613. The second-order valence-corrected chi connectivity index (χ2v) is 5.53. The number of anilines is 1. The summed E-state index contributed by atoms with van der Waals surface area (Å²) in [5, 5.41) is 7.75. The van der Waals surface area contributed by atoms with Crippen LogP contribution in [0.4, 0.5) is 5.69 Å². The molecule has 0 heterocycles. The third kappa shape index (κ3) is 3.95. The molecule has 104 valence electrons. The average molecular weight is 305 g/mol. The van der Waals surface area contributed by atoms with Gasteiger partial charge in [0.15, 0.2) is 5.11 Å². The van der Waals surface area contributed by atoms with Crippen LogP contribution in [0.3, 0.4) is 0 Å². The lowest BCUT2D eigenvalue weighted by Crippen LogP contribution is -2.31. The summed E-state index contributed by atoms with van der Waals surface area (Å²) in [6.07, 6.45) is 0. The van der Waals surface area contributed by atoms with Crippen LogP contribution in [-0.2, 0) is 0 Å². The van der Waals surface area contributed by atoms with Gasteiger partial charge in [-0.15, -0.1) is 0 Å². The highest BCUT2D eigenvalue weighted by molar-refractivity contribution is 7.80. The van der Waals surface area contributed by atoms with E-state index in [0.717, 1.165) is 16.3 Å². The summed E-state index contributed by atoms with van der Waals surface area (Å²) < 4.78 is 0. The van der Waals surface area contributed by atoms with Crippen LogP contribution < -0.4 is 10.6 Å². The van der Waals surface area contributed by atoms with Crippen molar-refractivity contribution < 1.29 is 0 Å². The van der Waals surface area contributed by atoms with Crippen molar-refractivity contribution in [2.45, 2.75) is 19.9 Å². The van der Waals surface area contributed by atoms with Crippen molar-refractivity contribution in [2.75, 3.05) is 5.32 Å². The quantitative estimate of drug-likeness (QED) is 0.804. The molecule has 2 aromatic carbocycles. The first kappa shape index (κ1) is 14.8. The maximum Gasteiger partial charge on any atom is 0.171 e. The molecular weight excluding hydrogens is 288 g/mol. The number of aryl methyl sites for hydroxylation is 1. The molecule has 4 heteroatoms. The molecule has 0 saturated heterocycles. The molecule has 2 N–H and O–H groups in total. The predicted molar refractivity (Wildman–Crippen MR) is 90.4 cm³/mol. The molecule has 1 atom stereocenters. The normalized spacial score (nSPS) is 11.8. The molecule has 0 aromatic heterocycles. The Labute approximate surface area is 130 Å². The summed E-state index contributed by atoms with van der Waals surface area (Å²) in [4.78, 5) is 0. The molecular formula is C16H17ClN2S. The largest absolute Gasteiger partial charge is 0.356 e. The minimum atomic E-state index is 0.0495. The Morgan fingerprint density at radius 2 is 1.90 bits per heavy atom. The SMILES string of the molecule is Cc1cccc(NC(=S)N[C@H](C)c2ccccc2Cl)c1.